The zero-order valence-corrected chi connectivity index (χ0v) is 18.1. The zero-order valence-electron chi connectivity index (χ0n) is 18.1. The highest BCUT2D eigenvalue weighted by Gasteiger charge is 2.53. The third-order valence-electron chi connectivity index (χ3n) is 6.93. The second kappa shape index (κ2) is 8.09. The molecule has 0 aromatic carbocycles. The molecule has 4 rings (SSSR count). The van der Waals surface area contributed by atoms with Gasteiger partial charge in [0.05, 0.1) is 11.6 Å². The van der Waals surface area contributed by atoms with Gasteiger partial charge in [0.2, 0.25) is 11.8 Å². The summed E-state index contributed by atoms with van der Waals surface area (Å²) in [6.07, 6.45) is 8.18. The van der Waals surface area contributed by atoms with Crippen LogP contribution < -0.4 is 5.32 Å². The van der Waals surface area contributed by atoms with Gasteiger partial charge in [-0.2, -0.15) is 5.10 Å². The lowest BCUT2D eigenvalue weighted by Crippen LogP contribution is -2.48. The third-order valence-corrected chi connectivity index (χ3v) is 6.93. The van der Waals surface area contributed by atoms with E-state index < -0.39 is 0 Å². The van der Waals surface area contributed by atoms with Crippen LogP contribution in [0.5, 0.6) is 0 Å². The average Bonchev–Trinajstić information content (AvgIpc) is 3.38. The van der Waals surface area contributed by atoms with Crippen molar-refractivity contribution in [1.82, 2.24) is 24.9 Å². The summed E-state index contributed by atoms with van der Waals surface area (Å²) in [4.78, 5) is 30.6. The predicted octanol–water partition coefficient (Wildman–Crippen LogP) is 1.64. The average molecular weight is 402 g/mol. The van der Waals surface area contributed by atoms with E-state index in [-0.39, 0.29) is 29.1 Å². The van der Waals surface area contributed by atoms with E-state index in [1.54, 1.807) is 0 Å². The lowest BCUT2D eigenvalue weighted by atomic mass is 9.74. The summed E-state index contributed by atoms with van der Waals surface area (Å²) in [5.74, 6) is 1.28. The van der Waals surface area contributed by atoms with Crippen molar-refractivity contribution in [1.29, 1.82) is 0 Å². The van der Waals surface area contributed by atoms with Gasteiger partial charge >= 0.3 is 0 Å². The third kappa shape index (κ3) is 4.34. The Morgan fingerprint density at radius 1 is 1.31 bits per heavy atom. The van der Waals surface area contributed by atoms with Crippen LogP contribution in [0.3, 0.4) is 0 Å². The summed E-state index contributed by atoms with van der Waals surface area (Å²) in [7, 11) is 1.93. The fraction of sp³-hybridized carbons (Fsp3) is 0.773. The lowest BCUT2D eigenvalue weighted by Gasteiger charge is -2.33. The highest BCUT2D eigenvalue weighted by molar-refractivity contribution is 5.84. The molecule has 2 atom stereocenters. The minimum atomic E-state index is -0.386. The van der Waals surface area contributed by atoms with E-state index in [0.717, 1.165) is 45.6 Å². The van der Waals surface area contributed by atoms with Crippen LogP contribution in [0.15, 0.2) is 12.4 Å². The molecule has 2 amide bonds. The van der Waals surface area contributed by atoms with E-state index in [0.29, 0.717) is 12.5 Å². The lowest BCUT2D eigenvalue weighted by molar-refractivity contribution is -0.137. The van der Waals surface area contributed by atoms with Crippen LogP contribution in [0, 0.1) is 23.2 Å². The van der Waals surface area contributed by atoms with Crippen molar-refractivity contribution >= 4 is 11.8 Å². The summed E-state index contributed by atoms with van der Waals surface area (Å²) >= 11 is 0. The van der Waals surface area contributed by atoms with Crippen molar-refractivity contribution in [2.75, 3.05) is 32.7 Å². The van der Waals surface area contributed by atoms with Gasteiger partial charge in [0, 0.05) is 69.9 Å². The van der Waals surface area contributed by atoms with Crippen LogP contribution in [0.2, 0.25) is 0 Å². The van der Waals surface area contributed by atoms with Gasteiger partial charge in [-0.3, -0.25) is 19.2 Å². The van der Waals surface area contributed by atoms with E-state index in [1.165, 1.54) is 18.4 Å². The number of likely N-dealkylation sites (tertiary alicyclic amines) is 2. The monoisotopic (exact) mass is 401 g/mol. The fourth-order valence-corrected chi connectivity index (χ4v) is 5.14. The molecule has 1 aromatic heterocycles. The van der Waals surface area contributed by atoms with Crippen LogP contribution in [0.4, 0.5) is 0 Å². The molecule has 0 unspecified atom stereocenters. The van der Waals surface area contributed by atoms with E-state index >= 15 is 0 Å². The molecule has 29 heavy (non-hydrogen) atoms. The number of aromatic nitrogens is 2. The first-order valence-electron chi connectivity index (χ1n) is 11.1. The van der Waals surface area contributed by atoms with E-state index in [4.69, 9.17) is 0 Å². The van der Waals surface area contributed by atoms with E-state index in [2.05, 4.69) is 15.3 Å². The maximum Gasteiger partial charge on any atom is 0.227 e. The van der Waals surface area contributed by atoms with Crippen molar-refractivity contribution in [3.8, 4) is 0 Å². The quantitative estimate of drug-likeness (QED) is 0.787. The van der Waals surface area contributed by atoms with Gasteiger partial charge in [-0.15, -0.1) is 0 Å². The maximum absolute atomic E-state index is 13.4. The normalized spacial score (nSPS) is 27.7. The first-order valence-corrected chi connectivity index (χ1v) is 11.1. The topological polar surface area (TPSA) is 70.5 Å². The number of fused-ring (bicyclic) bond motifs is 1. The van der Waals surface area contributed by atoms with Gasteiger partial charge in [0.25, 0.3) is 0 Å². The number of carbonyl (C=O) groups is 2. The van der Waals surface area contributed by atoms with Gasteiger partial charge in [0.15, 0.2) is 0 Å². The second-order valence-corrected chi connectivity index (χ2v) is 9.74. The number of nitrogens with zero attached hydrogens (tertiary/aromatic N) is 4. The Bertz CT molecular complexity index is 756. The standard InChI is InChI=1S/C22H35N5O2/c1-16(2)20(28)27-8-4-7-22(21(29)23-9-17-5-6-17)15-26(13-19(22)14-27)12-18-10-24-25(3)11-18/h10-11,16-17,19H,4-9,12-15H2,1-3H3,(H,23,29)/t19-,22-/m0/s1. The fourth-order valence-electron chi connectivity index (χ4n) is 5.14. The number of nitrogens with one attached hydrogen (secondary N) is 1. The van der Waals surface area contributed by atoms with Crippen LogP contribution in [-0.4, -0.2) is 64.1 Å². The van der Waals surface area contributed by atoms with Crippen LogP contribution in [0.1, 0.15) is 45.1 Å². The molecule has 2 saturated heterocycles. The molecule has 7 nitrogen and oxygen atoms in total. The first-order chi connectivity index (χ1) is 13.9. The molecule has 3 aliphatic rings. The van der Waals surface area contributed by atoms with Crippen LogP contribution >= 0.6 is 0 Å². The van der Waals surface area contributed by atoms with Gasteiger partial charge < -0.3 is 10.2 Å². The number of aryl methyl sites for hydroxylation is 1. The van der Waals surface area contributed by atoms with Gasteiger partial charge in [-0.05, 0) is 31.6 Å². The molecule has 160 valence electrons. The number of amides is 2. The van der Waals surface area contributed by atoms with E-state index in [9.17, 15) is 9.59 Å². The molecular formula is C22H35N5O2. The van der Waals surface area contributed by atoms with Crippen molar-refractivity contribution in [2.45, 2.75) is 46.1 Å². The van der Waals surface area contributed by atoms with Gasteiger partial charge in [-0.25, -0.2) is 0 Å². The molecule has 3 fully saturated rings. The molecule has 0 bridgehead atoms. The molecule has 0 radical (unpaired) electrons. The number of rotatable bonds is 6. The van der Waals surface area contributed by atoms with Crippen molar-refractivity contribution in [2.24, 2.45) is 30.2 Å². The molecule has 7 heteroatoms. The molecule has 1 aliphatic carbocycles. The number of hydrogen-bond acceptors (Lipinski definition) is 4. The van der Waals surface area contributed by atoms with Crippen molar-refractivity contribution in [3.63, 3.8) is 0 Å². The number of hydrogen-bond donors (Lipinski definition) is 1. The maximum atomic E-state index is 13.4. The van der Waals surface area contributed by atoms with Gasteiger partial charge in [0.1, 0.15) is 0 Å². The highest BCUT2D eigenvalue weighted by atomic mass is 16.2. The summed E-state index contributed by atoms with van der Waals surface area (Å²) in [6.45, 7) is 8.63. The molecular weight excluding hydrogens is 366 g/mol. The molecule has 1 N–H and O–H groups in total. The second-order valence-electron chi connectivity index (χ2n) is 9.74. The molecule has 3 heterocycles. The SMILES string of the molecule is CC(C)C(=O)N1CCC[C@]2(C(=O)NCC3CC3)CN(Cc3cnn(C)c3)C[C@H]2C1. The largest absolute Gasteiger partial charge is 0.355 e. The Morgan fingerprint density at radius 3 is 2.76 bits per heavy atom. The van der Waals surface area contributed by atoms with Crippen LogP contribution in [0.25, 0.3) is 0 Å². The smallest absolute Gasteiger partial charge is 0.227 e. The van der Waals surface area contributed by atoms with Crippen LogP contribution in [-0.2, 0) is 23.2 Å². The Labute approximate surface area is 173 Å². The first kappa shape index (κ1) is 20.4. The molecule has 1 aromatic rings. The minimum Gasteiger partial charge on any atom is -0.355 e. The Kier molecular flexibility index (Phi) is 5.69. The molecule has 1 saturated carbocycles. The molecule has 0 spiro atoms. The summed E-state index contributed by atoms with van der Waals surface area (Å²) in [5, 5.41) is 7.56. The Morgan fingerprint density at radius 2 is 2.10 bits per heavy atom. The summed E-state index contributed by atoms with van der Waals surface area (Å²) in [6, 6.07) is 0. The van der Waals surface area contributed by atoms with Crippen molar-refractivity contribution < 1.29 is 9.59 Å². The predicted molar refractivity (Wildman–Crippen MR) is 111 cm³/mol. The zero-order chi connectivity index (χ0) is 20.6. The summed E-state index contributed by atoms with van der Waals surface area (Å²) < 4.78 is 1.82. The molecule has 2 aliphatic heterocycles. The Balaban J connectivity index is 1.53. The highest BCUT2D eigenvalue weighted by Crippen LogP contribution is 2.44. The van der Waals surface area contributed by atoms with Crippen molar-refractivity contribution in [3.05, 3.63) is 18.0 Å². The summed E-state index contributed by atoms with van der Waals surface area (Å²) in [5.41, 5.74) is 0.788. The Hall–Kier alpha value is -1.89. The number of carbonyl (C=O) groups excluding carboxylic acids is 2. The van der Waals surface area contributed by atoms with Gasteiger partial charge in [-0.1, -0.05) is 13.8 Å². The van der Waals surface area contributed by atoms with E-state index in [1.807, 2.05) is 42.9 Å². The minimum absolute atomic E-state index is 0.000840.